The Balaban J connectivity index is 1.50. The third-order valence-electron chi connectivity index (χ3n) is 5.66. The Morgan fingerprint density at radius 3 is 2.22 bits per heavy atom. The van der Waals surface area contributed by atoms with Gasteiger partial charge in [-0.2, -0.15) is 16.9 Å². The van der Waals surface area contributed by atoms with Crippen LogP contribution >= 0.6 is 12.6 Å². The van der Waals surface area contributed by atoms with Gasteiger partial charge in [-0.1, -0.05) is 30.3 Å². The highest BCUT2D eigenvalue weighted by Crippen LogP contribution is 2.30. The SMILES string of the molecule is CC(=O)Nc1ccc(S(=O)(=O)NNC(=O)[C@@H]2C[C@@H](S)CN2S(=O)(=O)c2ccc3ccccc3c2)cc1. The maximum absolute atomic E-state index is 13.4. The topological polar surface area (TPSA) is 142 Å². The van der Waals surface area contributed by atoms with Crippen LogP contribution in [0.2, 0.25) is 0 Å². The second kappa shape index (κ2) is 10.2. The Hall–Kier alpha value is -2.97. The van der Waals surface area contributed by atoms with Crippen LogP contribution in [0.4, 0.5) is 5.69 Å². The van der Waals surface area contributed by atoms with Crippen molar-refractivity contribution in [3.8, 4) is 0 Å². The quantitative estimate of drug-likeness (QED) is 0.262. The van der Waals surface area contributed by atoms with Crippen molar-refractivity contribution >= 4 is 60.9 Å². The van der Waals surface area contributed by atoms with E-state index < -0.39 is 37.2 Å². The fraction of sp³-hybridized carbons (Fsp3) is 0.217. The number of carbonyl (C=O) groups excluding carboxylic acids is 2. The number of nitrogens with one attached hydrogen (secondary N) is 3. The van der Waals surface area contributed by atoms with Gasteiger partial charge in [0.2, 0.25) is 15.9 Å². The highest BCUT2D eigenvalue weighted by molar-refractivity contribution is 7.89. The summed E-state index contributed by atoms with van der Waals surface area (Å²) >= 11 is 4.37. The van der Waals surface area contributed by atoms with Crippen LogP contribution in [0.15, 0.2) is 76.5 Å². The molecule has 13 heteroatoms. The molecular weight excluding hydrogens is 524 g/mol. The fourth-order valence-corrected chi connectivity index (χ4v) is 6.94. The molecule has 0 saturated carbocycles. The van der Waals surface area contributed by atoms with Crippen LogP contribution in [0.3, 0.4) is 0 Å². The minimum absolute atomic E-state index is 0.00623. The summed E-state index contributed by atoms with van der Waals surface area (Å²) in [6.07, 6.45) is 0.106. The summed E-state index contributed by atoms with van der Waals surface area (Å²) in [6, 6.07) is 16.2. The van der Waals surface area contributed by atoms with Gasteiger partial charge >= 0.3 is 0 Å². The number of thiol groups is 1. The van der Waals surface area contributed by atoms with Crippen LogP contribution in [0.5, 0.6) is 0 Å². The Morgan fingerprint density at radius 1 is 0.917 bits per heavy atom. The third-order valence-corrected chi connectivity index (χ3v) is 9.17. The van der Waals surface area contributed by atoms with E-state index in [0.29, 0.717) is 5.69 Å². The number of fused-ring (bicyclic) bond motifs is 1. The Morgan fingerprint density at radius 2 is 1.56 bits per heavy atom. The van der Waals surface area contributed by atoms with E-state index in [9.17, 15) is 26.4 Å². The van der Waals surface area contributed by atoms with E-state index in [1.165, 1.54) is 37.3 Å². The molecule has 10 nitrogen and oxygen atoms in total. The van der Waals surface area contributed by atoms with E-state index in [2.05, 4.69) is 23.4 Å². The zero-order valence-electron chi connectivity index (χ0n) is 19.1. The molecule has 3 N–H and O–H groups in total. The normalized spacial score (nSPS) is 18.7. The molecule has 190 valence electrons. The highest BCUT2D eigenvalue weighted by atomic mass is 32.2. The average molecular weight is 549 g/mol. The van der Waals surface area contributed by atoms with Gasteiger partial charge in [-0.25, -0.2) is 16.8 Å². The number of benzene rings is 3. The molecule has 4 rings (SSSR count). The molecule has 1 saturated heterocycles. The van der Waals surface area contributed by atoms with Crippen LogP contribution in [-0.2, 0) is 29.6 Å². The van der Waals surface area contributed by atoms with Crippen LogP contribution in [0.1, 0.15) is 13.3 Å². The summed E-state index contributed by atoms with van der Waals surface area (Å²) < 4.78 is 53.1. The number of anilines is 1. The first kappa shape index (κ1) is 26.1. The van der Waals surface area contributed by atoms with E-state index in [-0.39, 0.29) is 28.7 Å². The monoisotopic (exact) mass is 548 g/mol. The van der Waals surface area contributed by atoms with E-state index in [1.807, 2.05) is 17.0 Å². The number of hydrazine groups is 1. The van der Waals surface area contributed by atoms with Crippen LogP contribution < -0.4 is 15.6 Å². The standard InChI is InChI=1S/C23H24N4O6S3/c1-15(28)24-18-7-10-20(11-8-18)35(30,31)26-25-23(29)22-13-19(34)14-27(22)36(32,33)21-9-6-16-4-2-3-5-17(16)12-21/h2-12,19,22,26,34H,13-14H2,1H3,(H,24,28)(H,25,29)/t19-,22+/m1/s1. The maximum Gasteiger partial charge on any atom is 0.257 e. The lowest BCUT2D eigenvalue weighted by atomic mass is 10.1. The molecule has 0 spiro atoms. The second-order valence-corrected chi connectivity index (χ2v) is 12.6. The number of hydrogen-bond acceptors (Lipinski definition) is 7. The van der Waals surface area contributed by atoms with E-state index in [1.54, 1.807) is 24.3 Å². The van der Waals surface area contributed by atoms with E-state index in [4.69, 9.17) is 0 Å². The van der Waals surface area contributed by atoms with Gasteiger partial charge in [0.15, 0.2) is 0 Å². The summed E-state index contributed by atoms with van der Waals surface area (Å²) in [5, 5.41) is 3.72. The second-order valence-electron chi connectivity index (χ2n) is 8.29. The molecule has 0 bridgehead atoms. The van der Waals surface area contributed by atoms with Gasteiger partial charge in [0, 0.05) is 24.4 Å². The van der Waals surface area contributed by atoms with Crippen molar-refractivity contribution in [3.05, 3.63) is 66.7 Å². The first-order valence-corrected chi connectivity index (χ1v) is 14.3. The molecule has 1 heterocycles. The number of hydrogen-bond donors (Lipinski definition) is 4. The minimum atomic E-state index is -4.15. The van der Waals surface area contributed by atoms with Crippen molar-refractivity contribution in [1.29, 1.82) is 0 Å². The number of rotatable bonds is 7. The predicted octanol–water partition coefficient (Wildman–Crippen LogP) is 1.87. The Labute approximate surface area is 214 Å². The van der Waals surface area contributed by atoms with Gasteiger partial charge in [0.1, 0.15) is 6.04 Å². The molecular formula is C23H24N4O6S3. The van der Waals surface area contributed by atoms with Gasteiger partial charge in [0.05, 0.1) is 9.79 Å². The van der Waals surface area contributed by atoms with Gasteiger partial charge in [-0.15, -0.1) is 4.83 Å². The zero-order chi connectivity index (χ0) is 26.1. The smallest absolute Gasteiger partial charge is 0.257 e. The molecule has 1 aliphatic heterocycles. The van der Waals surface area contributed by atoms with Crippen LogP contribution in [-0.4, -0.2) is 50.8 Å². The molecule has 0 unspecified atom stereocenters. The highest BCUT2D eigenvalue weighted by Gasteiger charge is 2.43. The lowest BCUT2D eigenvalue weighted by Gasteiger charge is -2.23. The molecule has 1 aliphatic rings. The molecule has 2 atom stereocenters. The summed E-state index contributed by atoms with van der Waals surface area (Å²) in [7, 11) is -8.22. The predicted molar refractivity (Wildman–Crippen MR) is 138 cm³/mol. The maximum atomic E-state index is 13.4. The number of amides is 2. The lowest BCUT2D eigenvalue weighted by molar-refractivity contribution is -0.124. The van der Waals surface area contributed by atoms with Gasteiger partial charge < -0.3 is 5.32 Å². The molecule has 1 fully saturated rings. The van der Waals surface area contributed by atoms with Gasteiger partial charge in [-0.3, -0.25) is 15.0 Å². The molecule has 0 radical (unpaired) electrons. The average Bonchev–Trinajstić information content (AvgIpc) is 3.25. The molecule has 2 amide bonds. The summed E-state index contributed by atoms with van der Waals surface area (Å²) in [5.41, 5.74) is 2.54. The van der Waals surface area contributed by atoms with Crippen molar-refractivity contribution in [2.24, 2.45) is 0 Å². The van der Waals surface area contributed by atoms with Crippen molar-refractivity contribution < 1.29 is 26.4 Å². The molecule has 36 heavy (non-hydrogen) atoms. The summed E-state index contributed by atoms with van der Waals surface area (Å²) in [4.78, 5) is 25.9. The first-order valence-electron chi connectivity index (χ1n) is 10.9. The van der Waals surface area contributed by atoms with Crippen molar-refractivity contribution in [1.82, 2.24) is 14.6 Å². The Bertz CT molecular complexity index is 1520. The van der Waals surface area contributed by atoms with Crippen molar-refractivity contribution in [3.63, 3.8) is 0 Å². The summed E-state index contributed by atoms with van der Waals surface area (Å²) in [6.45, 7) is 1.32. The van der Waals surface area contributed by atoms with Gasteiger partial charge in [0.25, 0.3) is 15.9 Å². The number of carbonyl (C=O) groups is 2. The fourth-order valence-electron chi connectivity index (χ4n) is 3.93. The third kappa shape index (κ3) is 5.55. The van der Waals surface area contributed by atoms with E-state index in [0.717, 1.165) is 15.1 Å². The summed E-state index contributed by atoms with van der Waals surface area (Å²) in [5.74, 6) is -1.13. The van der Waals surface area contributed by atoms with Gasteiger partial charge in [-0.05, 0) is 53.6 Å². The molecule has 3 aromatic rings. The van der Waals surface area contributed by atoms with E-state index >= 15 is 0 Å². The zero-order valence-corrected chi connectivity index (χ0v) is 21.6. The molecule has 3 aromatic carbocycles. The molecule has 0 aliphatic carbocycles. The number of nitrogens with zero attached hydrogens (tertiary/aromatic N) is 1. The van der Waals surface area contributed by atoms with Crippen molar-refractivity contribution in [2.75, 3.05) is 11.9 Å². The number of sulfonamides is 2. The lowest BCUT2D eigenvalue weighted by Crippen LogP contribution is -2.51. The Kier molecular flexibility index (Phi) is 7.38. The molecule has 0 aromatic heterocycles. The van der Waals surface area contributed by atoms with Crippen LogP contribution in [0.25, 0.3) is 10.8 Å². The van der Waals surface area contributed by atoms with Crippen molar-refractivity contribution in [2.45, 2.75) is 34.4 Å². The first-order chi connectivity index (χ1) is 17.0. The largest absolute Gasteiger partial charge is 0.326 e. The van der Waals surface area contributed by atoms with Crippen LogP contribution in [0, 0.1) is 0 Å². The minimum Gasteiger partial charge on any atom is -0.326 e.